The van der Waals surface area contributed by atoms with E-state index in [9.17, 15) is 9.59 Å². The Kier molecular flexibility index (Phi) is 5.05. The molecule has 1 fully saturated rings. The molecule has 0 bridgehead atoms. The Labute approximate surface area is 135 Å². The van der Waals surface area contributed by atoms with Crippen LogP contribution in [0.1, 0.15) is 25.8 Å². The molecule has 1 heterocycles. The number of likely N-dealkylation sites (tertiary alicyclic amines) is 1. The third-order valence-electron chi connectivity index (χ3n) is 4.40. The summed E-state index contributed by atoms with van der Waals surface area (Å²) >= 11 is 0. The van der Waals surface area contributed by atoms with Crippen LogP contribution in [0.15, 0.2) is 36.9 Å². The number of rotatable bonds is 6. The first kappa shape index (κ1) is 17.0. The molecule has 0 radical (unpaired) electrons. The van der Waals surface area contributed by atoms with Crippen molar-refractivity contribution in [2.75, 3.05) is 13.2 Å². The molecular weight excluding hydrogens is 296 g/mol. The van der Waals surface area contributed by atoms with Gasteiger partial charge in [0.1, 0.15) is 18.4 Å². The first-order valence-corrected chi connectivity index (χ1v) is 7.53. The minimum atomic E-state index is -0.704. The predicted octanol–water partition coefficient (Wildman–Crippen LogP) is 1.64. The van der Waals surface area contributed by atoms with Crippen molar-refractivity contribution in [2.24, 2.45) is 0 Å². The second-order valence-electron chi connectivity index (χ2n) is 5.86. The fourth-order valence-corrected chi connectivity index (χ4v) is 2.82. The highest BCUT2D eigenvalue weighted by Gasteiger charge is 2.46. The molecule has 1 aliphatic heterocycles. The van der Waals surface area contributed by atoms with Crippen molar-refractivity contribution in [3.8, 4) is 5.75 Å². The normalized spacial score (nSPS) is 21.9. The summed E-state index contributed by atoms with van der Waals surface area (Å²) in [5.41, 5.74) is 1.80. The molecular formula is C17H22N2O4. The van der Waals surface area contributed by atoms with Gasteiger partial charge in [-0.05, 0) is 38.0 Å². The average molecular weight is 318 g/mol. The Morgan fingerprint density at radius 2 is 2.17 bits per heavy atom. The van der Waals surface area contributed by atoms with Crippen LogP contribution < -0.4 is 10.2 Å². The first-order chi connectivity index (χ1) is 10.9. The number of nitrogens with one attached hydrogen (secondary N) is 1. The van der Waals surface area contributed by atoms with Crippen LogP contribution in [0.4, 0.5) is 0 Å². The van der Waals surface area contributed by atoms with Gasteiger partial charge in [0.05, 0.1) is 5.41 Å². The largest absolute Gasteiger partial charge is 0.490 e. The Hall–Kier alpha value is -2.34. The van der Waals surface area contributed by atoms with E-state index in [0.29, 0.717) is 25.3 Å². The van der Waals surface area contributed by atoms with E-state index in [4.69, 9.17) is 9.94 Å². The fraction of sp³-hybridized carbons (Fsp3) is 0.412. The SMILES string of the molecule is C=CCOc1ccc(C2(C)CCN(C(C)C(=O)NO)C2=O)cc1. The van der Waals surface area contributed by atoms with E-state index in [1.54, 1.807) is 18.5 Å². The summed E-state index contributed by atoms with van der Waals surface area (Å²) in [7, 11) is 0. The molecule has 23 heavy (non-hydrogen) atoms. The van der Waals surface area contributed by atoms with Crippen LogP contribution in [0.3, 0.4) is 0 Å². The van der Waals surface area contributed by atoms with Gasteiger partial charge in [-0.3, -0.25) is 14.8 Å². The van der Waals surface area contributed by atoms with Crippen molar-refractivity contribution in [3.63, 3.8) is 0 Å². The van der Waals surface area contributed by atoms with E-state index in [2.05, 4.69) is 6.58 Å². The molecule has 2 rings (SSSR count). The van der Waals surface area contributed by atoms with E-state index < -0.39 is 17.4 Å². The van der Waals surface area contributed by atoms with Crippen LogP contribution in [-0.4, -0.2) is 41.1 Å². The number of carbonyl (C=O) groups excluding carboxylic acids is 2. The Balaban J connectivity index is 2.17. The third-order valence-corrected chi connectivity index (χ3v) is 4.40. The van der Waals surface area contributed by atoms with Gasteiger partial charge in [-0.1, -0.05) is 24.8 Å². The number of benzene rings is 1. The lowest BCUT2D eigenvalue weighted by atomic mass is 9.81. The van der Waals surface area contributed by atoms with Crippen LogP contribution in [-0.2, 0) is 15.0 Å². The molecule has 1 aromatic carbocycles. The molecule has 2 amide bonds. The van der Waals surface area contributed by atoms with Gasteiger partial charge in [-0.2, -0.15) is 0 Å². The molecule has 0 aromatic heterocycles. The van der Waals surface area contributed by atoms with Crippen molar-refractivity contribution in [1.82, 2.24) is 10.4 Å². The summed E-state index contributed by atoms with van der Waals surface area (Å²) in [6, 6.07) is 6.69. The molecule has 124 valence electrons. The highest BCUT2D eigenvalue weighted by Crippen LogP contribution is 2.37. The van der Waals surface area contributed by atoms with Gasteiger partial charge in [0.25, 0.3) is 5.91 Å². The van der Waals surface area contributed by atoms with E-state index in [1.165, 1.54) is 4.90 Å². The minimum absolute atomic E-state index is 0.117. The Morgan fingerprint density at radius 1 is 1.52 bits per heavy atom. The van der Waals surface area contributed by atoms with Gasteiger partial charge in [-0.25, -0.2) is 5.48 Å². The number of carbonyl (C=O) groups is 2. The lowest BCUT2D eigenvalue weighted by Gasteiger charge is -2.27. The topological polar surface area (TPSA) is 78.9 Å². The number of hydrogen-bond acceptors (Lipinski definition) is 4. The zero-order chi connectivity index (χ0) is 17.0. The quantitative estimate of drug-likeness (QED) is 0.475. The highest BCUT2D eigenvalue weighted by molar-refractivity contribution is 5.94. The van der Waals surface area contributed by atoms with Crippen LogP contribution in [0, 0.1) is 0 Å². The molecule has 0 saturated carbocycles. The maximum Gasteiger partial charge on any atom is 0.265 e. The zero-order valence-corrected chi connectivity index (χ0v) is 13.4. The predicted molar refractivity (Wildman–Crippen MR) is 85.2 cm³/mol. The summed E-state index contributed by atoms with van der Waals surface area (Å²) in [4.78, 5) is 25.8. The third kappa shape index (κ3) is 3.22. The lowest BCUT2D eigenvalue weighted by molar-refractivity contribution is -0.143. The molecule has 2 atom stereocenters. The molecule has 2 N–H and O–H groups in total. The van der Waals surface area contributed by atoms with Gasteiger partial charge in [-0.15, -0.1) is 0 Å². The molecule has 6 heteroatoms. The van der Waals surface area contributed by atoms with E-state index in [-0.39, 0.29) is 5.91 Å². The number of amides is 2. The fourth-order valence-electron chi connectivity index (χ4n) is 2.82. The second-order valence-corrected chi connectivity index (χ2v) is 5.86. The second kappa shape index (κ2) is 6.83. The van der Waals surface area contributed by atoms with Crippen molar-refractivity contribution in [3.05, 3.63) is 42.5 Å². The number of hydroxylamine groups is 1. The maximum absolute atomic E-state index is 12.8. The zero-order valence-electron chi connectivity index (χ0n) is 13.4. The maximum atomic E-state index is 12.8. The molecule has 0 aliphatic carbocycles. The van der Waals surface area contributed by atoms with Gasteiger partial charge in [0, 0.05) is 6.54 Å². The molecule has 1 saturated heterocycles. The van der Waals surface area contributed by atoms with Crippen molar-refractivity contribution >= 4 is 11.8 Å². The van der Waals surface area contributed by atoms with Crippen LogP contribution >= 0.6 is 0 Å². The number of hydrogen-bond donors (Lipinski definition) is 2. The van der Waals surface area contributed by atoms with Crippen molar-refractivity contribution in [1.29, 1.82) is 0 Å². The van der Waals surface area contributed by atoms with Crippen molar-refractivity contribution in [2.45, 2.75) is 31.7 Å². The van der Waals surface area contributed by atoms with E-state index in [0.717, 1.165) is 5.56 Å². The number of nitrogens with zero attached hydrogens (tertiary/aromatic N) is 1. The summed E-state index contributed by atoms with van der Waals surface area (Å²) in [6.07, 6.45) is 2.28. The first-order valence-electron chi connectivity index (χ1n) is 7.53. The molecule has 1 aliphatic rings. The van der Waals surface area contributed by atoms with Crippen LogP contribution in [0.2, 0.25) is 0 Å². The van der Waals surface area contributed by atoms with E-state index >= 15 is 0 Å². The molecule has 0 spiro atoms. The average Bonchev–Trinajstić information content (AvgIpc) is 2.88. The molecule has 6 nitrogen and oxygen atoms in total. The summed E-state index contributed by atoms with van der Waals surface area (Å²) in [6.45, 7) is 7.97. The van der Waals surface area contributed by atoms with Crippen LogP contribution in [0.5, 0.6) is 5.75 Å². The van der Waals surface area contributed by atoms with Gasteiger partial charge in [0.2, 0.25) is 5.91 Å². The highest BCUT2D eigenvalue weighted by atomic mass is 16.5. The van der Waals surface area contributed by atoms with Gasteiger partial charge in [0.15, 0.2) is 0 Å². The summed E-state index contributed by atoms with van der Waals surface area (Å²) < 4.78 is 5.44. The number of ether oxygens (including phenoxy) is 1. The molecule has 2 unspecified atom stereocenters. The minimum Gasteiger partial charge on any atom is -0.490 e. The van der Waals surface area contributed by atoms with Crippen molar-refractivity contribution < 1.29 is 19.5 Å². The Bertz CT molecular complexity index is 599. The standard InChI is InChI=1S/C17H22N2O4/c1-4-11-23-14-7-5-13(6-8-14)17(3)9-10-19(16(17)21)12(2)15(20)18-22/h4-8,12,22H,1,9-11H2,2-3H3,(H,18,20). The Morgan fingerprint density at radius 3 is 2.74 bits per heavy atom. The lowest BCUT2D eigenvalue weighted by Crippen LogP contribution is -2.47. The summed E-state index contributed by atoms with van der Waals surface area (Å²) in [5.74, 6) is 0.0108. The monoisotopic (exact) mass is 318 g/mol. The van der Waals surface area contributed by atoms with Gasteiger partial charge < -0.3 is 9.64 Å². The smallest absolute Gasteiger partial charge is 0.265 e. The molecule has 1 aromatic rings. The van der Waals surface area contributed by atoms with E-state index in [1.807, 2.05) is 31.2 Å². The van der Waals surface area contributed by atoms with Crippen LogP contribution in [0.25, 0.3) is 0 Å². The summed E-state index contributed by atoms with van der Waals surface area (Å²) in [5, 5.41) is 8.74. The van der Waals surface area contributed by atoms with Gasteiger partial charge >= 0.3 is 0 Å².